The molecule has 8 aliphatic rings. The quantitative estimate of drug-likeness (QED) is 0.265. The van der Waals surface area contributed by atoms with E-state index in [4.69, 9.17) is 23.7 Å². The first-order chi connectivity index (χ1) is 22.3. The topological polar surface area (TPSA) is 144 Å². The lowest BCUT2D eigenvalue weighted by Gasteiger charge is -2.56. The molecular weight excluding hydrogens is 616 g/mol. The van der Waals surface area contributed by atoms with Crippen molar-refractivity contribution in [1.82, 2.24) is 0 Å². The number of phenols is 1. The number of carbonyl (C=O) groups excluding carboxylic acids is 2. The fourth-order valence-electron chi connectivity index (χ4n) is 9.18. The Morgan fingerprint density at radius 3 is 2.27 bits per heavy atom. The number of rotatable bonds is 8. The van der Waals surface area contributed by atoms with E-state index in [1.807, 2.05) is 46.8 Å². The normalized spacial score (nSPS) is 38.3. The van der Waals surface area contributed by atoms with Crippen molar-refractivity contribution in [2.24, 2.45) is 11.8 Å². The summed E-state index contributed by atoms with van der Waals surface area (Å²) in [6.45, 7) is 15.4. The Balaban J connectivity index is 1.31. The smallest absolute Gasteiger partial charge is 0.330 e. The van der Waals surface area contributed by atoms with Crippen LogP contribution in [0, 0.1) is 11.8 Å². The molecule has 0 radical (unpaired) electrons. The van der Waals surface area contributed by atoms with E-state index in [0.717, 1.165) is 6.42 Å². The maximum atomic E-state index is 14.8. The number of Topliss-reactive ketones (excluding diaryl/α,β-unsaturated/α-hetero) is 2. The fourth-order valence-corrected chi connectivity index (χ4v) is 9.18. The van der Waals surface area contributed by atoms with E-state index in [0.29, 0.717) is 36.1 Å². The van der Waals surface area contributed by atoms with E-state index in [9.17, 15) is 24.6 Å². The Labute approximate surface area is 280 Å². The molecule has 2 N–H and O–H groups in total. The zero-order valence-electron chi connectivity index (χ0n) is 28.8. The highest BCUT2D eigenvalue weighted by molar-refractivity contribution is 6.19. The molecule has 256 valence electrons. The van der Waals surface area contributed by atoms with Gasteiger partial charge >= 0.3 is 5.97 Å². The number of ketones is 2. The van der Waals surface area contributed by atoms with Gasteiger partial charge in [0.15, 0.2) is 22.8 Å². The van der Waals surface area contributed by atoms with Crippen LogP contribution >= 0.6 is 0 Å². The van der Waals surface area contributed by atoms with Crippen molar-refractivity contribution in [1.29, 1.82) is 0 Å². The first-order valence-corrected chi connectivity index (χ1v) is 17.0. The molecule has 1 aromatic carbocycles. The molecule has 9 rings (SSSR count). The number of carbonyl (C=O) groups is 3. The lowest BCUT2D eigenvalue weighted by atomic mass is 9.51. The second-order valence-corrected chi connectivity index (χ2v) is 16.6. The predicted octanol–water partition coefficient (Wildman–Crippen LogP) is 5.66. The van der Waals surface area contributed by atoms with Crippen LogP contribution in [0.15, 0.2) is 29.4 Å². The Bertz CT molecular complexity index is 1810. The van der Waals surface area contributed by atoms with Gasteiger partial charge in [0.2, 0.25) is 0 Å². The minimum Gasteiger partial charge on any atom is -0.506 e. The molecule has 3 aliphatic carbocycles. The van der Waals surface area contributed by atoms with Crippen LogP contribution in [0.4, 0.5) is 0 Å². The standard InChI is InChI=1S/C38H44O10/c1-18(32(42)43)9-14-37-31(41)19-15-22-28(40)26-27(39)20-10-12-36(8,13-11-24-34(4,5)44-24)46-29(20)21(17-25-35(6,7)45-25)30(26)47-38(22,37)23(16-19)33(2,3)48-37/h9-10,12,15,19,23-25,39H,11,13-14,16-17H2,1-8H3,(H,42,43)/b18-9-/t19-,23-,24?,25?,36-,37-,38+/m0/s1. The Morgan fingerprint density at radius 2 is 1.65 bits per heavy atom. The second kappa shape index (κ2) is 9.40. The Morgan fingerprint density at radius 1 is 0.979 bits per heavy atom. The van der Waals surface area contributed by atoms with Crippen molar-refractivity contribution in [2.75, 3.05) is 0 Å². The third-order valence-electron chi connectivity index (χ3n) is 12.2. The molecule has 1 saturated carbocycles. The molecule has 4 bridgehead atoms. The van der Waals surface area contributed by atoms with Crippen LogP contribution in [-0.4, -0.2) is 73.6 Å². The summed E-state index contributed by atoms with van der Waals surface area (Å²) in [5, 5.41) is 21.5. The van der Waals surface area contributed by atoms with Gasteiger partial charge in [-0.15, -0.1) is 0 Å². The van der Waals surface area contributed by atoms with Gasteiger partial charge < -0.3 is 33.9 Å². The van der Waals surface area contributed by atoms with Crippen LogP contribution in [0.2, 0.25) is 0 Å². The van der Waals surface area contributed by atoms with Crippen molar-refractivity contribution in [2.45, 2.75) is 133 Å². The van der Waals surface area contributed by atoms with Gasteiger partial charge in [-0.05, 0) is 86.8 Å². The molecule has 0 aromatic heterocycles. The minimum atomic E-state index is -1.65. The van der Waals surface area contributed by atoms with Gasteiger partial charge in [0.25, 0.3) is 0 Å². The highest BCUT2D eigenvalue weighted by Gasteiger charge is 2.81. The van der Waals surface area contributed by atoms with E-state index < -0.39 is 51.6 Å². The average molecular weight is 661 g/mol. The molecule has 2 unspecified atom stereocenters. The molecule has 1 spiro atoms. The SMILES string of the molecule is C/C(=C/C[C@@]12OC(C)(C)[C@@H]3C[C@H](C=C4C(=O)c5c(O)c6c(c(CC7OC7(C)C)c5O[C@]431)O[C@](C)(CCC1OC1(C)C)C=C6)C2=O)C(=O)O. The van der Waals surface area contributed by atoms with Gasteiger partial charge in [-0.2, -0.15) is 0 Å². The van der Waals surface area contributed by atoms with Crippen LogP contribution in [0.25, 0.3) is 6.08 Å². The van der Waals surface area contributed by atoms with Gasteiger partial charge in [-0.1, -0.05) is 12.2 Å². The summed E-state index contributed by atoms with van der Waals surface area (Å²) in [6.07, 6.45) is 8.99. The average Bonchev–Trinajstić information content (AvgIpc) is 3.82. The molecule has 5 aliphatic heterocycles. The van der Waals surface area contributed by atoms with Crippen LogP contribution in [0.3, 0.4) is 0 Å². The summed E-state index contributed by atoms with van der Waals surface area (Å²) in [5.74, 6) is -2.41. The molecule has 5 heterocycles. The van der Waals surface area contributed by atoms with Crippen LogP contribution in [0.1, 0.15) is 103 Å². The van der Waals surface area contributed by atoms with E-state index in [2.05, 4.69) is 13.8 Å². The maximum Gasteiger partial charge on any atom is 0.330 e. The van der Waals surface area contributed by atoms with E-state index in [-0.39, 0.29) is 58.2 Å². The predicted molar refractivity (Wildman–Crippen MR) is 173 cm³/mol. The largest absolute Gasteiger partial charge is 0.506 e. The number of allylic oxidation sites excluding steroid dienone is 1. The molecule has 3 saturated heterocycles. The van der Waals surface area contributed by atoms with Crippen LogP contribution in [0.5, 0.6) is 17.2 Å². The van der Waals surface area contributed by atoms with Crippen molar-refractivity contribution in [3.05, 3.63) is 46.1 Å². The summed E-state index contributed by atoms with van der Waals surface area (Å²) in [4.78, 5) is 41.0. The molecule has 10 heteroatoms. The van der Waals surface area contributed by atoms with Gasteiger partial charge in [0.1, 0.15) is 28.4 Å². The summed E-state index contributed by atoms with van der Waals surface area (Å²) >= 11 is 0. The second-order valence-electron chi connectivity index (χ2n) is 16.6. The van der Waals surface area contributed by atoms with Gasteiger partial charge in [0, 0.05) is 41.4 Å². The Kier molecular flexibility index (Phi) is 6.22. The van der Waals surface area contributed by atoms with E-state index in [1.165, 1.54) is 13.0 Å². The first kappa shape index (κ1) is 31.8. The third-order valence-corrected chi connectivity index (χ3v) is 12.2. The van der Waals surface area contributed by atoms with Crippen LogP contribution < -0.4 is 9.47 Å². The number of aromatic hydroxyl groups is 1. The lowest BCUT2D eigenvalue weighted by molar-refractivity contribution is -0.171. The monoisotopic (exact) mass is 660 g/mol. The Hall–Kier alpha value is -3.47. The van der Waals surface area contributed by atoms with Crippen LogP contribution in [-0.2, 0) is 30.2 Å². The van der Waals surface area contributed by atoms with E-state index in [1.54, 1.807) is 6.08 Å². The van der Waals surface area contributed by atoms with Crippen molar-refractivity contribution >= 4 is 23.6 Å². The van der Waals surface area contributed by atoms with Gasteiger partial charge in [-0.25, -0.2) is 4.79 Å². The highest BCUT2D eigenvalue weighted by atomic mass is 16.6. The molecule has 48 heavy (non-hydrogen) atoms. The van der Waals surface area contributed by atoms with Crippen molar-refractivity contribution in [3.63, 3.8) is 0 Å². The number of hydrogen-bond donors (Lipinski definition) is 2. The number of fused-ring (bicyclic) bond motifs is 2. The summed E-state index contributed by atoms with van der Waals surface area (Å²) in [6, 6.07) is 0. The molecule has 4 fully saturated rings. The molecule has 10 nitrogen and oxygen atoms in total. The fraction of sp³-hybridized carbons (Fsp3) is 0.605. The first-order valence-electron chi connectivity index (χ1n) is 17.0. The number of phenolic OH excluding ortho intramolecular Hbond substituents is 1. The molecule has 1 aromatic rings. The van der Waals surface area contributed by atoms with Crippen molar-refractivity contribution < 1.29 is 48.3 Å². The number of hydrogen-bond acceptors (Lipinski definition) is 9. The number of carboxylic acid groups (broad SMARTS) is 1. The maximum absolute atomic E-state index is 14.8. The number of epoxide rings is 2. The molecule has 0 amide bonds. The highest BCUT2D eigenvalue weighted by Crippen LogP contribution is 2.69. The third kappa shape index (κ3) is 4.11. The zero-order chi connectivity index (χ0) is 34.6. The van der Waals surface area contributed by atoms with Gasteiger partial charge in [-0.3, -0.25) is 9.59 Å². The van der Waals surface area contributed by atoms with Crippen molar-refractivity contribution in [3.8, 4) is 17.2 Å². The summed E-state index contributed by atoms with van der Waals surface area (Å²) < 4.78 is 32.6. The summed E-state index contributed by atoms with van der Waals surface area (Å²) in [7, 11) is 0. The van der Waals surface area contributed by atoms with Gasteiger partial charge in [0.05, 0.1) is 34.6 Å². The number of carboxylic acids is 1. The molecular formula is C38H44O10. The lowest BCUT2D eigenvalue weighted by Crippen LogP contribution is -2.72. The number of ether oxygens (including phenoxy) is 5. The summed E-state index contributed by atoms with van der Waals surface area (Å²) in [5.41, 5.74) is -4.00. The zero-order valence-corrected chi connectivity index (χ0v) is 28.8. The number of aliphatic carboxylic acids is 1. The molecule has 7 atom stereocenters. The minimum absolute atomic E-state index is 0.0358. The van der Waals surface area contributed by atoms with E-state index >= 15 is 0 Å². The number of benzene rings is 1.